The van der Waals surface area contributed by atoms with Gasteiger partial charge in [-0.3, -0.25) is 9.78 Å². The normalized spacial score (nSPS) is 12.6. The van der Waals surface area contributed by atoms with E-state index >= 15 is 0 Å². The molecule has 6 rings (SSSR count). The molecule has 5 nitrogen and oxygen atoms in total. The zero-order valence-corrected chi connectivity index (χ0v) is 37.4. The number of aryl methyl sites for hydroxylation is 1. The number of hydrogen-bond acceptors (Lipinski definition) is 5. The van der Waals surface area contributed by atoms with Crippen LogP contribution in [0, 0.1) is 29.7 Å². The van der Waals surface area contributed by atoms with Crippen molar-refractivity contribution in [2.75, 3.05) is 0 Å². The number of aliphatic hydroxyl groups is 1. The van der Waals surface area contributed by atoms with Crippen LogP contribution in [0.1, 0.15) is 119 Å². The van der Waals surface area contributed by atoms with Gasteiger partial charge in [0.05, 0.1) is 6.26 Å². The minimum Gasteiger partial charge on any atom is -0.512 e. The summed E-state index contributed by atoms with van der Waals surface area (Å²) in [6, 6.07) is 25.1. The molecular weight excluding hydrogens is 859 g/mol. The summed E-state index contributed by atoms with van der Waals surface area (Å²) in [7, 11) is 0. The molecule has 6 heteroatoms. The average Bonchev–Trinajstić information content (AvgIpc) is 3.74. The molecule has 1 N–H and O–H groups in total. The van der Waals surface area contributed by atoms with Crippen molar-refractivity contribution in [3.63, 3.8) is 0 Å². The number of carbonyl (C=O) groups is 1. The van der Waals surface area contributed by atoms with Crippen molar-refractivity contribution in [2.24, 2.45) is 16.7 Å². The average molecular weight is 919 g/mol. The summed E-state index contributed by atoms with van der Waals surface area (Å²) in [5.74, 6) is 1.86. The van der Waals surface area contributed by atoms with E-state index in [9.17, 15) is 9.90 Å². The SMILES string of the molecule is CCC(C)(CC)C(=O)/C=C(\O)C(C)(CC)CC.Cc1coc2c(-c3ccc4cc(CC(C)C)oc4c3)cc(-c3[c-]c4ccccc4c(C(C)(C)C)c3)nc12.[Ir]. The predicted molar refractivity (Wildman–Crippen MR) is 226 cm³/mol. The van der Waals surface area contributed by atoms with E-state index in [1.165, 1.54) is 17.0 Å². The van der Waals surface area contributed by atoms with E-state index in [4.69, 9.17) is 13.8 Å². The Morgan fingerprint density at radius 1 is 0.891 bits per heavy atom. The van der Waals surface area contributed by atoms with Crippen LogP contribution in [0.4, 0.5) is 0 Å². The summed E-state index contributed by atoms with van der Waals surface area (Å²) in [6.07, 6.45) is 7.48. The number of hydrogen-bond donors (Lipinski definition) is 1. The van der Waals surface area contributed by atoms with Gasteiger partial charge in [-0.25, -0.2) is 0 Å². The van der Waals surface area contributed by atoms with E-state index in [1.54, 1.807) is 6.26 Å². The second kappa shape index (κ2) is 17.4. The minimum atomic E-state index is -0.337. The Hall–Kier alpha value is -3.99. The molecule has 55 heavy (non-hydrogen) atoms. The molecule has 3 aromatic carbocycles. The Balaban J connectivity index is 0.000000320. The van der Waals surface area contributed by atoms with Gasteiger partial charge in [0, 0.05) is 65.6 Å². The standard InChI is InChI=1S/C34H32NO2.C15H28O2.Ir/c1-20(2)13-26-15-24-12-11-23(17-31(24)37-26)28-18-30(35-32-21(3)19-36-33(28)32)25-14-22-9-7-8-10-27(22)29(16-25)34(4,5)6;1-7-14(5,8-2)12(16)11-13(17)15(6,9-3)10-4;/h7-12,15-20H,13H2,1-6H3;11,16H,7-10H2,1-6H3;/q-1;;/b;12-11-;. The van der Waals surface area contributed by atoms with Crippen molar-refractivity contribution < 1.29 is 38.8 Å². The molecule has 0 bridgehead atoms. The van der Waals surface area contributed by atoms with Gasteiger partial charge < -0.3 is 13.9 Å². The summed E-state index contributed by atoms with van der Waals surface area (Å²) in [6.45, 7) is 25.3. The smallest absolute Gasteiger partial charge is 0.164 e. The molecule has 1 radical (unpaired) electrons. The second-order valence-corrected chi connectivity index (χ2v) is 17.0. The van der Waals surface area contributed by atoms with E-state index in [1.807, 2.05) is 48.5 Å². The summed E-state index contributed by atoms with van der Waals surface area (Å²) in [5.41, 5.74) is 8.22. The Morgan fingerprint density at radius 2 is 1.55 bits per heavy atom. The van der Waals surface area contributed by atoms with Crippen LogP contribution >= 0.6 is 0 Å². The van der Waals surface area contributed by atoms with E-state index in [0.29, 0.717) is 5.92 Å². The van der Waals surface area contributed by atoms with Crippen molar-refractivity contribution >= 4 is 38.6 Å². The van der Waals surface area contributed by atoms with Crippen LogP contribution in [-0.4, -0.2) is 15.9 Å². The maximum absolute atomic E-state index is 12.2. The molecule has 0 aliphatic heterocycles. The van der Waals surface area contributed by atoms with Crippen LogP contribution in [0.2, 0.25) is 0 Å². The van der Waals surface area contributed by atoms with Gasteiger partial charge >= 0.3 is 0 Å². The molecule has 3 heterocycles. The summed E-state index contributed by atoms with van der Waals surface area (Å²) in [5, 5.41) is 13.6. The molecule has 3 aromatic heterocycles. The zero-order chi connectivity index (χ0) is 39.6. The number of allylic oxidation sites excluding steroid dienone is 2. The fraction of sp³-hybridized carbons (Fsp3) is 0.429. The number of benzene rings is 3. The van der Waals surface area contributed by atoms with Crippen LogP contribution in [0.3, 0.4) is 0 Å². The van der Waals surface area contributed by atoms with E-state index in [-0.39, 0.29) is 47.9 Å². The number of aliphatic hydroxyl groups excluding tert-OH is 1. The van der Waals surface area contributed by atoms with Crippen LogP contribution in [-0.2, 0) is 36.7 Å². The quantitative estimate of drug-likeness (QED) is 0.0796. The number of aromatic nitrogens is 1. The first-order valence-electron chi connectivity index (χ1n) is 19.8. The van der Waals surface area contributed by atoms with Gasteiger partial charge in [0.1, 0.15) is 22.6 Å². The zero-order valence-electron chi connectivity index (χ0n) is 35.0. The molecule has 0 atom stereocenters. The summed E-state index contributed by atoms with van der Waals surface area (Å²) in [4.78, 5) is 17.3. The second-order valence-electron chi connectivity index (χ2n) is 17.0. The number of ketones is 1. The monoisotopic (exact) mass is 919 g/mol. The first-order chi connectivity index (χ1) is 25.5. The Labute approximate surface area is 342 Å². The van der Waals surface area contributed by atoms with Crippen LogP contribution in [0.15, 0.2) is 87.6 Å². The molecule has 0 amide bonds. The van der Waals surface area contributed by atoms with Crippen molar-refractivity contribution in [1.29, 1.82) is 0 Å². The topological polar surface area (TPSA) is 76.5 Å². The molecule has 0 aliphatic rings. The van der Waals surface area contributed by atoms with Gasteiger partial charge in [0.25, 0.3) is 0 Å². The van der Waals surface area contributed by atoms with Gasteiger partial charge in [0.15, 0.2) is 11.4 Å². The van der Waals surface area contributed by atoms with E-state index in [0.717, 1.165) is 93.3 Å². The Bertz CT molecular complexity index is 2290. The van der Waals surface area contributed by atoms with E-state index in [2.05, 4.69) is 101 Å². The van der Waals surface area contributed by atoms with Crippen LogP contribution in [0.25, 0.3) is 55.2 Å². The Morgan fingerprint density at radius 3 is 2.16 bits per heavy atom. The number of fused-ring (bicyclic) bond motifs is 3. The van der Waals surface area contributed by atoms with Gasteiger partial charge in [-0.05, 0) is 61.6 Å². The minimum absolute atomic E-state index is 0. The fourth-order valence-electron chi connectivity index (χ4n) is 6.90. The van der Waals surface area contributed by atoms with Crippen LogP contribution < -0.4 is 0 Å². The first-order valence-corrected chi connectivity index (χ1v) is 19.8. The van der Waals surface area contributed by atoms with Gasteiger partial charge in [-0.1, -0.05) is 124 Å². The van der Waals surface area contributed by atoms with Gasteiger partial charge in [-0.15, -0.1) is 29.1 Å². The van der Waals surface area contributed by atoms with Gasteiger partial charge in [-0.2, -0.15) is 0 Å². The molecule has 0 aliphatic carbocycles. The largest absolute Gasteiger partial charge is 0.512 e. The first kappa shape index (κ1) is 43.7. The third kappa shape index (κ3) is 9.35. The van der Waals surface area contributed by atoms with Crippen molar-refractivity contribution in [3.05, 3.63) is 102 Å². The molecule has 0 unspecified atom stereocenters. The number of nitrogens with zero attached hydrogens (tertiary/aromatic N) is 1. The van der Waals surface area contributed by atoms with Crippen molar-refractivity contribution in [2.45, 2.75) is 121 Å². The molecule has 0 saturated carbocycles. The van der Waals surface area contributed by atoms with Gasteiger partial charge in [0.2, 0.25) is 0 Å². The van der Waals surface area contributed by atoms with E-state index < -0.39 is 0 Å². The molecule has 0 saturated heterocycles. The van der Waals surface area contributed by atoms with Crippen molar-refractivity contribution in [1.82, 2.24) is 4.98 Å². The Kier molecular flexibility index (Phi) is 13.9. The maximum Gasteiger partial charge on any atom is 0.164 e. The maximum atomic E-state index is 12.2. The number of pyridine rings is 1. The third-order valence-electron chi connectivity index (χ3n) is 11.7. The molecule has 0 spiro atoms. The number of rotatable bonds is 11. The van der Waals surface area contributed by atoms with Crippen molar-refractivity contribution in [3.8, 4) is 22.4 Å². The molecule has 295 valence electrons. The molecular formula is C49H60IrNO4-. The molecule has 6 aromatic rings. The predicted octanol–water partition coefficient (Wildman–Crippen LogP) is 14.3. The summed E-state index contributed by atoms with van der Waals surface area (Å²) < 4.78 is 12.3. The number of furan rings is 2. The fourth-order valence-corrected chi connectivity index (χ4v) is 6.90. The molecule has 0 fully saturated rings. The summed E-state index contributed by atoms with van der Waals surface area (Å²) >= 11 is 0. The third-order valence-corrected chi connectivity index (χ3v) is 11.7. The number of carbonyl (C=O) groups excluding carboxylic acids is 1. The van der Waals surface area contributed by atoms with Crippen LogP contribution in [0.5, 0.6) is 0 Å².